The predicted octanol–water partition coefficient (Wildman–Crippen LogP) is 1.67. The van der Waals surface area contributed by atoms with Crippen molar-refractivity contribution in [1.29, 1.82) is 0 Å². The van der Waals surface area contributed by atoms with Crippen LogP contribution in [-0.2, 0) is 7.05 Å². The Bertz CT molecular complexity index is 349. The molecule has 4 nitrogen and oxygen atoms in total. The van der Waals surface area contributed by atoms with Gasteiger partial charge in [-0.25, -0.2) is 0 Å². The minimum Gasteiger partial charge on any atom is -0.394 e. The number of nitrogens with two attached hydrogens (primary N) is 1. The third kappa shape index (κ3) is 1.35. The van der Waals surface area contributed by atoms with Crippen LogP contribution in [0.5, 0.6) is 0 Å². The van der Waals surface area contributed by atoms with Gasteiger partial charge < -0.3 is 11.1 Å². The second-order valence-electron chi connectivity index (χ2n) is 4.23. The Morgan fingerprint density at radius 2 is 2.21 bits per heavy atom. The summed E-state index contributed by atoms with van der Waals surface area (Å²) >= 11 is 0. The van der Waals surface area contributed by atoms with E-state index in [2.05, 4.69) is 17.3 Å². The molecule has 3 N–H and O–H groups in total. The van der Waals surface area contributed by atoms with Crippen molar-refractivity contribution in [1.82, 2.24) is 9.78 Å². The fraction of sp³-hybridized carbons (Fsp3) is 0.700. The number of aryl methyl sites for hydroxylation is 2. The Kier molecular flexibility index (Phi) is 1.94. The van der Waals surface area contributed by atoms with Gasteiger partial charge in [-0.05, 0) is 26.2 Å². The van der Waals surface area contributed by atoms with Crippen molar-refractivity contribution in [3.8, 4) is 0 Å². The fourth-order valence-electron chi connectivity index (χ4n) is 1.79. The first-order valence-corrected chi connectivity index (χ1v) is 5.15. The first kappa shape index (κ1) is 9.37. The molecule has 0 bridgehead atoms. The Morgan fingerprint density at radius 1 is 1.57 bits per heavy atom. The molecule has 78 valence electrons. The topological polar surface area (TPSA) is 55.9 Å². The number of rotatable bonds is 3. The predicted molar refractivity (Wildman–Crippen MR) is 58.2 cm³/mol. The molecule has 1 fully saturated rings. The van der Waals surface area contributed by atoms with Crippen molar-refractivity contribution in [2.75, 3.05) is 11.1 Å². The molecule has 14 heavy (non-hydrogen) atoms. The molecule has 1 aliphatic rings. The summed E-state index contributed by atoms with van der Waals surface area (Å²) in [5, 5.41) is 7.80. The molecule has 2 rings (SSSR count). The van der Waals surface area contributed by atoms with Gasteiger partial charge in [-0.15, -0.1) is 0 Å². The van der Waals surface area contributed by atoms with Gasteiger partial charge >= 0.3 is 0 Å². The SMILES string of the molecule is CCC1(Nc2c(N)c(C)nn2C)CC1. The van der Waals surface area contributed by atoms with Gasteiger partial charge in [-0.3, -0.25) is 4.68 Å². The van der Waals surface area contributed by atoms with Crippen molar-refractivity contribution in [2.24, 2.45) is 7.05 Å². The van der Waals surface area contributed by atoms with E-state index in [-0.39, 0.29) is 0 Å². The molecule has 0 saturated heterocycles. The smallest absolute Gasteiger partial charge is 0.148 e. The summed E-state index contributed by atoms with van der Waals surface area (Å²) in [6.45, 7) is 4.14. The first-order valence-electron chi connectivity index (χ1n) is 5.15. The summed E-state index contributed by atoms with van der Waals surface area (Å²) < 4.78 is 1.83. The second-order valence-corrected chi connectivity index (χ2v) is 4.23. The molecule has 1 aromatic rings. The van der Waals surface area contributed by atoms with Crippen LogP contribution in [0.1, 0.15) is 31.9 Å². The van der Waals surface area contributed by atoms with E-state index in [1.807, 2.05) is 18.7 Å². The van der Waals surface area contributed by atoms with Crippen LogP contribution in [0.4, 0.5) is 11.5 Å². The fourth-order valence-corrected chi connectivity index (χ4v) is 1.79. The van der Waals surface area contributed by atoms with Gasteiger partial charge in [0.1, 0.15) is 5.82 Å². The minimum atomic E-state index is 0.300. The van der Waals surface area contributed by atoms with Gasteiger partial charge in [0, 0.05) is 12.6 Å². The van der Waals surface area contributed by atoms with E-state index in [0.29, 0.717) is 5.54 Å². The maximum atomic E-state index is 5.95. The molecule has 1 heterocycles. The number of anilines is 2. The zero-order chi connectivity index (χ0) is 10.3. The molecule has 4 heteroatoms. The normalized spacial score (nSPS) is 18.2. The quantitative estimate of drug-likeness (QED) is 0.769. The maximum absolute atomic E-state index is 5.95. The lowest BCUT2D eigenvalue weighted by atomic mass is 10.2. The largest absolute Gasteiger partial charge is 0.394 e. The van der Waals surface area contributed by atoms with Crippen LogP contribution < -0.4 is 11.1 Å². The van der Waals surface area contributed by atoms with Gasteiger partial charge in [-0.2, -0.15) is 5.10 Å². The van der Waals surface area contributed by atoms with Gasteiger partial charge in [-0.1, -0.05) is 6.92 Å². The lowest BCUT2D eigenvalue weighted by Gasteiger charge is -2.16. The zero-order valence-corrected chi connectivity index (χ0v) is 9.09. The third-order valence-corrected chi connectivity index (χ3v) is 3.18. The molecule has 0 radical (unpaired) electrons. The van der Waals surface area contributed by atoms with Crippen molar-refractivity contribution >= 4 is 11.5 Å². The van der Waals surface area contributed by atoms with Gasteiger partial charge in [0.25, 0.3) is 0 Å². The highest BCUT2D eigenvalue weighted by atomic mass is 15.3. The van der Waals surface area contributed by atoms with Crippen LogP contribution in [0.2, 0.25) is 0 Å². The van der Waals surface area contributed by atoms with Gasteiger partial charge in [0.2, 0.25) is 0 Å². The molecule has 1 aliphatic carbocycles. The van der Waals surface area contributed by atoms with Crippen LogP contribution in [0.25, 0.3) is 0 Å². The molecule has 1 saturated carbocycles. The number of hydrogen-bond acceptors (Lipinski definition) is 3. The molecule has 0 atom stereocenters. The Labute approximate surface area is 84.5 Å². The summed E-state index contributed by atoms with van der Waals surface area (Å²) in [4.78, 5) is 0. The number of nitrogens with zero attached hydrogens (tertiary/aromatic N) is 2. The monoisotopic (exact) mass is 194 g/mol. The Morgan fingerprint density at radius 3 is 2.57 bits per heavy atom. The highest BCUT2D eigenvalue weighted by Gasteiger charge is 2.41. The summed E-state index contributed by atoms with van der Waals surface area (Å²) in [5.41, 5.74) is 7.94. The standard InChI is InChI=1S/C10H18N4/c1-4-10(5-6-10)12-9-8(11)7(2)13-14(9)3/h12H,4-6,11H2,1-3H3. The van der Waals surface area contributed by atoms with E-state index in [0.717, 1.165) is 23.6 Å². The highest BCUT2D eigenvalue weighted by Crippen LogP contribution is 2.42. The van der Waals surface area contributed by atoms with Crippen molar-refractivity contribution in [2.45, 2.75) is 38.6 Å². The number of nitrogen functional groups attached to an aromatic ring is 1. The molecule has 0 spiro atoms. The molecule has 0 aliphatic heterocycles. The molecule has 0 unspecified atom stereocenters. The Hall–Kier alpha value is -1.19. The number of nitrogens with one attached hydrogen (secondary N) is 1. The maximum Gasteiger partial charge on any atom is 0.148 e. The highest BCUT2D eigenvalue weighted by molar-refractivity contribution is 5.66. The van der Waals surface area contributed by atoms with E-state index >= 15 is 0 Å². The molecular weight excluding hydrogens is 176 g/mol. The van der Waals surface area contributed by atoms with Gasteiger partial charge in [0.15, 0.2) is 0 Å². The van der Waals surface area contributed by atoms with Crippen LogP contribution in [0, 0.1) is 6.92 Å². The lowest BCUT2D eigenvalue weighted by Crippen LogP contribution is -2.22. The second kappa shape index (κ2) is 2.90. The summed E-state index contributed by atoms with van der Waals surface area (Å²) in [6.07, 6.45) is 3.64. The molecule has 1 aromatic heterocycles. The molecule has 0 amide bonds. The van der Waals surface area contributed by atoms with Crippen molar-refractivity contribution in [3.63, 3.8) is 0 Å². The van der Waals surface area contributed by atoms with Crippen LogP contribution in [0.3, 0.4) is 0 Å². The van der Waals surface area contributed by atoms with E-state index in [9.17, 15) is 0 Å². The van der Waals surface area contributed by atoms with E-state index in [1.165, 1.54) is 12.8 Å². The van der Waals surface area contributed by atoms with Crippen LogP contribution in [0.15, 0.2) is 0 Å². The summed E-state index contributed by atoms with van der Waals surface area (Å²) in [5.74, 6) is 0.974. The summed E-state index contributed by atoms with van der Waals surface area (Å²) in [7, 11) is 1.93. The minimum absolute atomic E-state index is 0.300. The third-order valence-electron chi connectivity index (χ3n) is 3.18. The molecular formula is C10H18N4. The Balaban J connectivity index is 2.24. The van der Waals surface area contributed by atoms with Crippen LogP contribution in [-0.4, -0.2) is 15.3 Å². The average molecular weight is 194 g/mol. The summed E-state index contributed by atoms with van der Waals surface area (Å²) in [6, 6.07) is 0. The zero-order valence-electron chi connectivity index (χ0n) is 9.09. The van der Waals surface area contributed by atoms with Crippen molar-refractivity contribution < 1.29 is 0 Å². The van der Waals surface area contributed by atoms with Gasteiger partial charge in [0.05, 0.1) is 11.4 Å². The first-order chi connectivity index (χ1) is 6.58. The van der Waals surface area contributed by atoms with E-state index < -0.39 is 0 Å². The lowest BCUT2D eigenvalue weighted by molar-refractivity contribution is 0.673. The average Bonchev–Trinajstić information content (AvgIpc) is 2.88. The van der Waals surface area contributed by atoms with E-state index in [1.54, 1.807) is 0 Å². The van der Waals surface area contributed by atoms with Crippen molar-refractivity contribution in [3.05, 3.63) is 5.69 Å². The molecule has 0 aromatic carbocycles. The number of hydrogen-bond donors (Lipinski definition) is 2. The van der Waals surface area contributed by atoms with E-state index in [4.69, 9.17) is 5.73 Å². The number of aromatic nitrogens is 2. The van der Waals surface area contributed by atoms with Crippen LogP contribution >= 0.6 is 0 Å².